The molecule has 0 radical (unpaired) electrons. The zero-order chi connectivity index (χ0) is 24.5. The molecule has 0 bridgehead atoms. The lowest BCUT2D eigenvalue weighted by Crippen LogP contribution is -2.49. The van der Waals surface area contributed by atoms with Crippen LogP contribution in [0.5, 0.6) is 0 Å². The van der Waals surface area contributed by atoms with E-state index < -0.39 is 20.5 Å². The second-order valence-corrected chi connectivity index (χ2v) is 11.5. The number of fused-ring (bicyclic) bond motifs is 1. The number of aromatic nitrogens is 2. The Kier molecular flexibility index (Phi) is 6.49. The second kappa shape index (κ2) is 9.22. The number of hydrogen-bond acceptors (Lipinski definition) is 6. The van der Waals surface area contributed by atoms with Crippen LogP contribution in [0.25, 0.3) is 10.9 Å². The summed E-state index contributed by atoms with van der Waals surface area (Å²) in [5.41, 5.74) is 5.14. The van der Waals surface area contributed by atoms with E-state index in [1.54, 1.807) is 10.9 Å². The van der Waals surface area contributed by atoms with Crippen molar-refractivity contribution < 1.29 is 23.5 Å². The Hall–Kier alpha value is -3.19. The van der Waals surface area contributed by atoms with Crippen LogP contribution >= 0.6 is 0 Å². The first-order valence-electron chi connectivity index (χ1n) is 11.0. The molecule has 2 aromatic carbocycles. The summed E-state index contributed by atoms with van der Waals surface area (Å²) in [6.45, 7) is 1.70. The standard InChI is InChI=1S/C25H27N3O5S/c1-25(24(30)27-31,34(2,32)33)11-12-28-15-20-13-18(7-10-23(20)26-28)4-3-17-5-8-19(9-6-17)22-14-21(22)16-29/h5-10,13,15,21-22,29,31H,11-12,14,16H2,1-2H3,(H,27,30)/t21-,22-,25?/m0/s1. The van der Waals surface area contributed by atoms with Crippen molar-refractivity contribution in [3.63, 3.8) is 0 Å². The summed E-state index contributed by atoms with van der Waals surface area (Å²) in [7, 11) is -3.77. The van der Waals surface area contributed by atoms with E-state index in [4.69, 9.17) is 5.21 Å². The van der Waals surface area contributed by atoms with Crippen LogP contribution in [0, 0.1) is 17.8 Å². The molecule has 1 unspecified atom stereocenters. The van der Waals surface area contributed by atoms with Crippen molar-refractivity contribution in [1.29, 1.82) is 0 Å². The first kappa shape index (κ1) is 24.0. The Balaban J connectivity index is 1.47. The van der Waals surface area contributed by atoms with Gasteiger partial charge in [-0.25, -0.2) is 13.9 Å². The molecule has 1 amide bonds. The third-order valence-electron chi connectivity index (χ3n) is 6.62. The average Bonchev–Trinajstić information content (AvgIpc) is 3.50. The van der Waals surface area contributed by atoms with E-state index in [-0.39, 0.29) is 19.6 Å². The smallest absolute Gasteiger partial charge is 0.264 e. The van der Waals surface area contributed by atoms with Crippen LogP contribution in [-0.4, -0.2) is 52.0 Å². The van der Waals surface area contributed by atoms with Crippen molar-refractivity contribution in [2.45, 2.75) is 37.0 Å². The van der Waals surface area contributed by atoms with Crippen LogP contribution in [0.4, 0.5) is 0 Å². The molecule has 34 heavy (non-hydrogen) atoms. The average molecular weight is 482 g/mol. The van der Waals surface area contributed by atoms with Gasteiger partial charge in [0.1, 0.15) is 0 Å². The first-order valence-corrected chi connectivity index (χ1v) is 12.9. The van der Waals surface area contributed by atoms with E-state index in [1.165, 1.54) is 18.0 Å². The monoisotopic (exact) mass is 481 g/mol. The maximum atomic E-state index is 12.1. The van der Waals surface area contributed by atoms with Crippen LogP contribution in [0.1, 0.15) is 42.4 Å². The first-order chi connectivity index (χ1) is 16.1. The van der Waals surface area contributed by atoms with Crippen LogP contribution in [0.3, 0.4) is 0 Å². The number of rotatable bonds is 7. The van der Waals surface area contributed by atoms with Crippen LogP contribution in [0.15, 0.2) is 48.7 Å². The number of aliphatic hydroxyl groups is 1. The van der Waals surface area contributed by atoms with Crippen molar-refractivity contribution in [2.75, 3.05) is 12.9 Å². The van der Waals surface area contributed by atoms with Crippen LogP contribution in [0.2, 0.25) is 0 Å². The highest BCUT2D eigenvalue weighted by Crippen LogP contribution is 2.46. The molecular formula is C25H27N3O5S. The molecule has 4 rings (SSSR count). The third-order valence-corrected chi connectivity index (χ3v) is 8.64. The molecule has 3 aromatic rings. The number of amides is 1. The number of hydrogen-bond donors (Lipinski definition) is 3. The fraction of sp³-hybridized carbons (Fsp3) is 0.360. The van der Waals surface area contributed by atoms with Gasteiger partial charge in [0.2, 0.25) is 0 Å². The summed E-state index contributed by atoms with van der Waals surface area (Å²) in [5, 5.41) is 23.5. The van der Waals surface area contributed by atoms with Gasteiger partial charge in [-0.15, -0.1) is 0 Å². The number of nitrogens with one attached hydrogen (secondary N) is 1. The number of carbonyl (C=O) groups is 1. The van der Waals surface area contributed by atoms with Crippen LogP contribution in [-0.2, 0) is 21.2 Å². The molecule has 1 aromatic heterocycles. The molecule has 1 heterocycles. The number of nitrogens with zero attached hydrogens (tertiary/aromatic N) is 2. The van der Waals surface area contributed by atoms with Gasteiger partial charge < -0.3 is 5.11 Å². The van der Waals surface area contributed by atoms with Gasteiger partial charge in [-0.2, -0.15) is 5.10 Å². The predicted molar refractivity (Wildman–Crippen MR) is 128 cm³/mol. The summed E-state index contributed by atoms with van der Waals surface area (Å²) in [4.78, 5) is 12.0. The lowest BCUT2D eigenvalue weighted by Gasteiger charge is -2.24. The Morgan fingerprint density at radius 3 is 2.50 bits per heavy atom. The molecule has 0 saturated heterocycles. The number of sulfone groups is 1. The Morgan fingerprint density at radius 1 is 1.21 bits per heavy atom. The van der Waals surface area contributed by atoms with Crippen molar-refractivity contribution in [1.82, 2.24) is 15.3 Å². The molecule has 1 saturated carbocycles. The summed E-state index contributed by atoms with van der Waals surface area (Å²) >= 11 is 0. The fourth-order valence-electron chi connectivity index (χ4n) is 4.00. The minimum Gasteiger partial charge on any atom is -0.396 e. The maximum absolute atomic E-state index is 12.1. The van der Waals surface area contributed by atoms with Crippen molar-refractivity contribution in [3.8, 4) is 11.8 Å². The molecule has 0 aliphatic heterocycles. The summed E-state index contributed by atoms with van der Waals surface area (Å²) in [6.07, 6.45) is 3.74. The molecule has 1 aliphatic carbocycles. The summed E-state index contributed by atoms with van der Waals surface area (Å²) in [5.74, 6) is 6.20. The number of hydroxylamine groups is 1. The highest BCUT2D eigenvalue weighted by molar-refractivity contribution is 7.92. The van der Waals surface area contributed by atoms with E-state index in [1.807, 2.05) is 30.3 Å². The topological polar surface area (TPSA) is 122 Å². The van der Waals surface area contributed by atoms with Crippen molar-refractivity contribution in [2.24, 2.45) is 5.92 Å². The number of carbonyl (C=O) groups excluding carboxylic acids is 1. The molecule has 8 nitrogen and oxygen atoms in total. The SMILES string of the molecule is CC(CCn1cc2cc(C#Cc3ccc([C@@H]4C[C@H]4CO)cc3)ccc2n1)(C(=O)NO)S(C)(=O)=O. The van der Waals surface area contributed by atoms with E-state index in [2.05, 4.69) is 29.1 Å². The largest absolute Gasteiger partial charge is 0.396 e. The molecule has 1 aliphatic rings. The summed E-state index contributed by atoms with van der Waals surface area (Å²) in [6, 6.07) is 13.7. The maximum Gasteiger partial charge on any atom is 0.264 e. The van der Waals surface area contributed by atoms with Gasteiger partial charge in [-0.3, -0.25) is 14.7 Å². The van der Waals surface area contributed by atoms with Crippen molar-refractivity contribution >= 4 is 26.6 Å². The Labute approximate surface area is 198 Å². The van der Waals surface area contributed by atoms with Gasteiger partial charge in [0.15, 0.2) is 14.6 Å². The minimum absolute atomic E-state index is 0.0468. The van der Waals surface area contributed by atoms with E-state index in [0.29, 0.717) is 11.8 Å². The van der Waals surface area contributed by atoms with Gasteiger partial charge in [0.05, 0.1) is 5.52 Å². The number of benzene rings is 2. The van der Waals surface area contributed by atoms with Gasteiger partial charge in [-0.1, -0.05) is 24.0 Å². The highest BCUT2D eigenvalue weighted by Gasteiger charge is 2.43. The zero-order valence-electron chi connectivity index (χ0n) is 19.0. The Bertz CT molecular complexity index is 1390. The van der Waals surface area contributed by atoms with Gasteiger partial charge in [0, 0.05) is 42.1 Å². The third kappa shape index (κ3) is 4.85. The lowest BCUT2D eigenvalue weighted by atomic mass is 10.1. The van der Waals surface area contributed by atoms with Gasteiger partial charge in [0.25, 0.3) is 5.91 Å². The number of aryl methyl sites for hydroxylation is 1. The summed E-state index contributed by atoms with van der Waals surface area (Å²) < 4.78 is 24.1. The Morgan fingerprint density at radius 2 is 1.88 bits per heavy atom. The van der Waals surface area contributed by atoms with Gasteiger partial charge in [-0.05, 0) is 67.5 Å². The van der Waals surface area contributed by atoms with E-state index in [9.17, 15) is 18.3 Å². The molecule has 1 fully saturated rings. The van der Waals surface area contributed by atoms with E-state index >= 15 is 0 Å². The molecule has 178 valence electrons. The molecule has 3 N–H and O–H groups in total. The quantitative estimate of drug-likeness (QED) is 0.270. The highest BCUT2D eigenvalue weighted by atomic mass is 32.2. The molecular weight excluding hydrogens is 454 g/mol. The molecule has 0 spiro atoms. The van der Waals surface area contributed by atoms with Gasteiger partial charge >= 0.3 is 0 Å². The second-order valence-electron chi connectivity index (χ2n) is 9.02. The van der Waals surface area contributed by atoms with Crippen molar-refractivity contribution in [3.05, 3.63) is 65.4 Å². The normalized spacial score (nSPS) is 19.2. The number of aliphatic hydroxyl groups excluding tert-OH is 1. The van der Waals surface area contributed by atoms with E-state index in [0.717, 1.165) is 34.7 Å². The lowest BCUT2D eigenvalue weighted by molar-refractivity contribution is -0.131. The fourth-order valence-corrected chi connectivity index (χ4v) is 4.84. The zero-order valence-corrected chi connectivity index (χ0v) is 19.8. The predicted octanol–water partition coefficient (Wildman–Crippen LogP) is 2.23. The molecule has 9 heteroatoms. The minimum atomic E-state index is -3.77. The molecule has 3 atom stereocenters. The van der Waals surface area contributed by atoms with Crippen LogP contribution < -0.4 is 5.48 Å².